The molecule has 0 radical (unpaired) electrons. The van der Waals surface area contributed by atoms with Crippen LogP contribution in [0.15, 0.2) is 56.7 Å². The number of hydrogen-bond donors (Lipinski definition) is 1. The largest absolute Gasteiger partial charge is 0.507 e. The van der Waals surface area contributed by atoms with Gasteiger partial charge in [-0.3, -0.25) is 0 Å². The van der Waals surface area contributed by atoms with Crippen molar-refractivity contribution in [2.24, 2.45) is 0 Å². The molecule has 0 bridgehead atoms. The van der Waals surface area contributed by atoms with Crippen molar-refractivity contribution in [2.45, 2.75) is 9.79 Å². The lowest BCUT2D eigenvalue weighted by Gasteiger charge is -2.04. The summed E-state index contributed by atoms with van der Waals surface area (Å²) >= 11 is 4.80. The van der Waals surface area contributed by atoms with Crippen LogP contribution in [0.1, 0.15) is 5.56 Å². The van der Waals surface area contributed by atoms with Crippen LogP contribution in [-0.2, 0) is 0 Å². The molecule has 0 spiro atoms. The van der Waals surface area contributed by atoms with Crippen molar-refractivity contribution >= 4 is 27.7 Å². The van der Waals surface area contributed by atoms with E-state index in [1.165, 1.54) is 11.8 Å². The molecule has 2 rings (SSSR count). The molecule has 17 heavy (non-hydrogen) atoms. The SMILES string of the molecule is N#Cc1ccc(Sc2ccccc2O)cc1Br. The minimum Gasteiger partial charge on any atom is -0.507 e. The summed E-state index contributed by atoms with van der Waals surface area (Å²) in [5.41, 5.74) is 0.603. The summed E-state index contributed by atoms with van der Waals surface area (Å²) in [6.45, 7) is 0. The van der Waals surface area contributed by atoms with Gasteiger partial charge in [-0.15, -0.1) is 0 Å². The van der Waals surface area contributed by atoms with E-state index < -0.39 is 0 Å². The van der Waals surface area contributed by atoms with Gasteiger partial charge in [-0.1, -0.05) is 23.9 Å². The zero-order chi connectivity index (χ0) is 12.3. The Labute approximate surface area is 112 Å². The van der Waals surface area contributed by atoms with Gasteiger partial charge in [0.25, 0.3) is 0 Å². The van der Waals surface area contributed by atoms with Gasteiger partial charge in [0.1, 0.15) is 11.8 Å². The maximum absolute atomic E-state index is 9.66. The number of phenols is 1. The lowest BCUT2D eigenvalue weighted by atomic mass is 10.2. The van der Waals surface area contributed by atoms with Crippen LogP contribution < -0.4 is 0 Å². The Bertz CT molecular complexity index is 592. The number of hydrogen-bond acceptors (Lipinski definition) is 3. The van der Waals surface area contributed by atoms with Gasteiger partial charge in [-0.25, -0.2) is 0 Å². The van der Waals surface area contributed by atoms with E-state index >= 15 is 0 Å². The molecule has 0 aromatic heterocycles. The van der Waals surface area contributed by atoms with Crippen LogP contribution in [0, 0.1) is 11.3 Å². The van der Waals surface area contributed by atoms with Gasteiger partial charge in [0, 0.05) is 9.37 Å². The number of phenolic OH excluding ortho intramolecular Hbond substituents is 1. The standard InChI is InChI=1S/C13H8BrNOS/c14-11-7-10(6-5-9(11)8-15)17-13-4-2-1-3-12(13)16/h1-7,16H. The second-order valence-electron chi connectivity index (χ2n) is 3.32. The number of nitrogens with zero attached hydrogens (tertiary/aromatic N) is 1. The van der Waals surface area contributed by atoms with E-state index in [-0.39, 0.29) is 5.75 Å². The molecule has 2 nitrogen and oxygen atoms in total. The molecule has 0 unspecified atom stereocenters. The molecule has 2 aromatic rings. The zero-order valence-electron chi connectivity index (χ0n) is 8.72. The molecule has 0 saturated carbocycles. The van der Waals surface area contributed by atoms with Crippen LogP contribution in [0.4, 0.5) is 0 Å². The molecule has 2 aromatic carbocycles. The van der Waals surface area contributed by atoms with E-state index in [4.69, 9.17) is 5.26 Å². The quantitative estimate of drug-likeness (QED) is 0.905. The summed E-state index contributed by atoms with van der Waals surface area (Å²) in [6.07, 6.45) is 0. The molecule has 0 atom stereocenters. The Balaban J connectivity index is 2.29. The molecule has 0 aliphatic rings. The third-order valence-corrected chi connectivity index (χ3v) is 3.86. The molecule has 0 aliphatic heterocycles. The number of rotatable bonds is 2. The fourth-order valence-electron chi connectivity index (χ4n) is 1.32. The predicted octanol–water partition coefficient (Wildman–Crippen LogP) is 4.18. The Morgan fingerprint density at radius 3 is 2.59 bits per heavy atom. The fraction of sp³-hybridized carbons (Fsp3) is 0. The van der Waals surface area contributed by atoms with Crippen LogP contribution in [0.2, 0.25) is 0 Å². The number of nitriles is 1. The van der Waals surface area contributed by atoms with Gasteiger partial charge in [0.15, 0.2) is 0 Å². The van der Waals surface area contributed by atoms with Crippen LogP contribution in [0.5, 0.6) is 5.75 Å². The molecule has 0 saturated heterocycles. The summed E-state index contributed by atoms with van der Waals surface area (Å²) in [7, 11) is 0. The summed E-state index contributed by atoms with van der Waals surface area (Å²) in [5.74, 6) is 0.262. The van der Waals surface area contributed by atoms with Gasteiger partial charge in [0.2, 0.25) is 0 Å². The molecular weight excluding hydrogens is 298 g/mol. The van der Waals surface area contributed by atoms with E-state index in [1.807, 2.05) is 24.3 Å². The number of para-hydroxylation sites is 1. The van der Waals surface area contributed by atoms with Crippen LogP contribution in [0.3, 0.4) is 0 Å². The van der Waals surface area contributed by atoms with Crippen molar-refractivity contribution in [2.75, 3.05) is 0 Å². The van der Waals surface area contributed by atoms with E-state index in [1.54, 1.807) is 18.2 Å². The van der Waals surface area contributed by atoms with Crippen molar-refractivity contribution in [1.29, 1.82) is 5.26 Å². The Kier molecular flexibility index (Phi) is 3.72. The highest BCUT2D eigenvalue weighted by Crippen LogP contribution is 2.35. The van der Waals surface area contributed by atoms with Gasteiger partial charge < -0.3 is 5.11 Å². The van der Waals surface area contributed by atoms with Crippen LogP contribution >= 0.6 is 27.7 Å². The van der Waals surface area contributed by atoms with Crippen molar-refractivity contribution < 1.29 is 5.11 Å². The summed E-state index contributed by atoms with van der Waals surface area (Å²) < 4.78 is 0.764. The number of halogens is 1. The van der Waals surface area contributed by atoms with Gasteiger partial charge in [-0.2, -0.15) is 5.26 Å². The lowest BCUT2D eigenvalue weighted by molar-refractivity contribution is 0.462. The minimum atomic E-state index is 0.262. The van der Waals surface area contributed by atoms with E-state index in [0.717, 1.165) is 14.3 Å². The maximum Gasteiger partial charge on any atom is 0.129 e. The minimum absolute atomic E-state index is 0.262. The Morgan fingerprint density at radius 2 is 1.94 bits per heavy atom. The zero-order valence-corrected chi connectivity index (χ0v) is 11.1. The highest BCUT2D eigenvalue weighted by atomic mass is 79.9. The van der Waals surface area contributed by atoms with Gasteiger partial charge in [0.05, 0.1) is 10.5 Å². The summed E-state index contributed by atoms with van der Waals surface area (Å²) in [4.78, 5) is 1.77. The van der Waals surface area contributed by atoms with Crippen LogP contribution in [0.25, 0.3) is 0 Å². The van der Waals surface area contributed by atoms with Crippen molar-refractivity contribution in [3.8, 4) is 11.8 Å². The average molecular weight is 306 g/mol. The third kappa shape index (κ3) is 2.82. The summed E-state index contributed by atoms with van der Waals surface area (Å²) in [6, 6.07) is 14.7. The van der Waals surface area contributed by atoms with E-state index in [2.05, 4.69) is 22.0 Å². The molecule has 0 aliphatic carbocycles. The average Bonchev–Trinajstić information content (AvgIpc) is 2.32. The van der Waals surface area contributed by atoms with E-state index in [0.29, 0.717) is 5.56 Å². The molecular formula is C13H8BrNOS. The topological polar surface area (TPSA) is 44.0 Å². The maximum atomic E-state index is 9.66. The first-order valence-corrected chi connectivity index (χ1v) is 6.47. The first-order chi connectivity index (χ1) is 8.20. The first kappa shape index (κ1) is 12.0. The monoisotopic (exact) mass is 305 g/mol. The normalized spacial score (nSPS) is 9.88. The fourth-order valence-corrected chi connectivity index (χ4v) is 2.83. The van der Waals surface area contributed by atoms with Crippen molar-refractivity contribution in [3.63, 3.8) is 0 Å². The highest BCUT2D eigenvalue weighted by molar-refractivity contribution is 9.10. The second kappa shape index (κ2) is 5.26. The number of benzene rings is 2. The second-order valence-corrected chi connectivity index (χ2v) is 5.29. The molecule has 84 valence electrons. The Morgan fingerprint density at radius 1 is 1.18 bits per heavy atom. The Hall–Kier alpha value is -1.44. The molecule has 0 amide bonds. The van der Waals surface area contributed by atoms with Crippen molar-refractivity contribution in [3.05, 3.63) is 52.5 Å². The summed E-state index contributed by atoms with van der Waals surface area (Å²) in [5, 5.41) is 18.5. The lowest BCUT2D eigenvalue weighted by Crippen LogP contribution is -1.79. The third-order valence-electron chi connectivity index (χ3n) is 2.15. The highest BCUT2D eigenvalue weighted by Gasteiger charge is 2.05. The molecule has 4 heteroatoms. The van der Waals surface area contributed by atoms with E-state index in [9.17, 15) is 5.11 Å². The van der Waals surface area contributed by atoms with Crippen molar-refractivity contribution in [1.82, 2.24) is 0 Å². The first-order valence-electron chi connectivity index (χ1n) is 4.86. The van der Waals surface area contributed by atoms with Crippen LogP contribution in [-0.4, -0.2) is 5.11 Å². The smallest absolute Gasteiger partial charge is 0.129 e. The predicted molar refractivity (Wildman–Crippen MR) is 71.1 cm³/mol. The molecule has 0 heterocycles. The van der Waals surface area contributed by atoms with Gasteiger partial charge >= 0.3 is 0 Å². The molecule has 0 fully saturated rings. The molecule has 1 N–H and O–H groups in total. The van der Waals surface area contributed by atoms with Gasteiger partial charge in [-0.05, 0) is 46.3 Å². The number of aromatic hydroxyl groups is 1.